The number of esters is 2. The van der Waals surface area contributed by atoms with Crippen molar-refractivity contribution in [1.82, 2.24) is 4.98 Å². The van der Waals surface area contributed by atoms with E-state index in [0.717, 1.165) is 0 Å². The average molecular weight is 787 g/mol. The van der Waals surface area contributed by atoms with Crippen molar-refractivity contribution in [1.29, 1.82) is 0 Å². The first-order chi connectivity index (χ1) is 27.1. The maximum Gasteiger partial charge on any atom is 0.416 e. The Labute approximate surface area is 334 Å². The molecule has 13 nitrogen and oxygen atoms in total. The summed E-state index contributed by atoms with van der Waals surface area (Å²) in [4.78, 5) is 46.2. The van der Waals surface area contributed by atoms with Gasteiger partial charge in [-0.25, -0.2) is 19.4 Å². The molecule has 3 heterocycles. The molecule has 2 aliphatic rings. The normalized spacial score (nSPS) is 23.1. The third-order valence-electron chi connectivity index (χ3n) is 9.08. The topological polar surface area (TPSA) is 141 Å². The predicted molar refractivity (Wildman–Crippen MR) is 213 cm³/mol. The molecule has 2 aliphatic heterocycles. The van der Waals surface area contributed by atoms with Gasteiger partial charge in [-0.15, -0.1) is 0 Å². The number of cyclic esters (lactones) is 1. The fraction of sp³-hybridized carbons (Fsp3) is 0.455. The first kappa shape index (κ1) is 42.9. The van der Waals surface area contributed by atoms with E-state index < -0.39 is 53.8 Å². The third-order valence-corrected chi connectivity index (χ3v) is 9.08. The van der Waals surface area contributed by atoms with Crippen LogP contribution >= 0.6 is 0 Å². The molecule has 3 aromatic rings. The van der Waals surface area contributed by atoms with E-state index in [9.17, 15) is 14.4 Å². The minimum atomic E-state index is -0.962. The van der Waals surface area contributed by atoms with Crippen molar-refractivity contribution in [2.45, 2.75) is 97.1 Å². The monoisotopic (exact) mass is 786 g/mol. The third kappa shape index (κ3) is 12.1. The summed E-state index contributed by atoms with van der Waals surface area (Å²) in [5, 5.41) is 0. The second-order valence-corrected chi connectivity index (χ2v) is 15.3. The van der Waals surface area contributed by atoms with Crippen LogP contribution in [0.1, 0.15) is 87.6 Å². The maximum absolute atomic E-state index is 14.0. The highest BCUT2D eigenvalue weighted by Crippen LogP contribution is 2.36. The molecule has 1 saturated heterocycles. The summed E-state index contributed by atoms with van der Waals surface area (Å²) in [7, 11) is 1.48. The highest BCUT2D eigenvalue weighted by Gasteiger charge is 2.45. The van der Waals surface area contributed by atoms with Gasteiger partial charge in [0, 0.05) is 31.8 Å². The maximum atomic E-state index is 14.0. The number of anilines is 1. The Morgan fingerprint density at radius 3 is 2.44 bits per heavy atom. The molecular weight excluding hydrogens is 732 g/mol. The van der Waals surface area contributed by atoms with Gasteiger partial charge in [0.25, 0.3) is 0 Å². The molecule has 1 amide bonds. The molecule has 0 spiro atoms. The van der Waals surface area contributed by atoms with E-state index in [4.69, 9.17) is 37.9 Å². The van der Waals surface area contributed by atoms with E-state index in [2.05, 4.69) is 4.98 Å². The number of aromatic nitrogens is 1. The summed E-state index contributed by atoms with van der Waals surface area (Å²) in [6.45, 7) is 13.1. The quantitative estimate of drug-likeness (QED) is 0.0609. The minimum Gasteiger partial charge on any atom is -0.493 e. The number of rotatable bonds is 11. The SMILES string of the molecule is COCOc1cc(OCCCN(C(=O)OC(C)(C)C)c2ccccn2)cc2c1C(=O)OC(C)[C@H](C)/C=C\C(OC(=O)c1ccccc1)[C@H]1OC(C)(C)O[C@H]1C/C=C/2. The molecular formula is C44H54N2O11. The number of amides is 1. The number of carbonyl (C=O) groups excluding carboxylic acids is 3. The van der Waals surface area contributed by atoms with Crippen LogP contribution in [0.25, 0.3) is 6.08 Å². The largest absolute Gasteiger partial charge is 0.493 e. The van der Waals surface area contributed by atoms with Gasteiger partial charge < -0.3 is 37.9 Å². The lowest BCUT2D eigenvalue weighted by Gasteiger charge is -2.26. The van der Waals surface area contributed by atoms with E-state index in [1.165, 1.54) is 12.0 Å². The van der Waals surface area contributed by atoms with Crippen LogP contribution in [0, 0.1) is 5.92 Å². The van der Waals surface area contributed by atoms with E-state index in [1.807, 2.05) is 39.0 Å². The molecule has 306 valence electrons. The van der Waals surface area contributed by atoms with Crippen LogP contribution in [-0.2, 0) is 28.4 Å². The zero-order valence-electron chi connectivity index (χ0n) is 34.0. The van der Waals surface area contributed by atoms with Crippen LogP contribution in [0.4, 0.5) is 10.6 Å². The molecule has 0 aliphatic carbocycles. The van der Waals surface area contributed by atoms with Gasteiger partial charge in [0.05, 0.1) is 18.3 Å². The lowest BCUT2D eigenvalue weighted by atomic mass is 9.98. The van der Waals surface area contributed by atoms with E-state index in [0.29, 0.717) is 35.5 Å². The zero-order valence-corrected chi connectivity index (χ0v) is 34.0. The van der Waals surface area contributed by atoms with Crippen molar-refractivity contribution in [3.8, 4) is 11.5 Å². The van der Waals surface area contributed by atoms with Gasteiger partial charge in [-0.05, 0) is 96.4 Å². The number of fused-ring (bicyclic) bond motifs is 2. The fourth-order valence-corrected chi connectivity index (χ4v) is 6.23. The zero-order chi connectivity index (χ0) is 41.2. The van der Waals surface area contributed by atoms with Crippen LogP contribution in [0.2, 0.25) is 0 Å². The molecule has 5 rings (SSSR count). The lowest BCUT2D eigenvalue weighted by Crippen LogP contribution is -2.38. The van der Waals surface area contributed by atoms with Crippen molar-refractivity contribution < 1.29 is 52.3 Å². The number of benzene rings is 2. The van der Waals surface area contributed by atoms with Gasteiger partial charge in [-0.2, -0.15) is 0 Å². The van der Waals surface area contributed by atoms with Crippen LogP contribution < -0.4 is 14.4 Å². The second kappa shape index (κ2) is 19.3. The van der Waals surface area contributed by atoms with E-state index in [1.54, 1.807) is 101 Å². The summed E-state index contributed by atoms with van der Waals surface area (Å²) in [6.07, 6.45) is 6.57. The van der Waals surface area contributed by atoms with Gasteiger partial charge in [0.2, 0.25) is 0 Å². The van der Waals surface area contributed by atoms with Crippen molar-refractivity contribution in [2.24, 2.45) is 5.92 Å². The van der Waals surface area contributed by atoms with Gasteiger partial charge in [-0.3, -0.25) is 4.90 Å². The predicted octanol–water partition coefficient (Wildman–Crippen LogP) is 8.18. The Kier molecular flexibility index (Phi) is 14.5. The summed E-state index contributed by atoms with van der Waals surface area (Å²) >= 11 is 0. The summed E-state index contributed by atoms with van der Waals surface area (Å²) in [5.41, 5.74) is 0.379. The summed E-state index contributed by atoms with van der Waals surface area (Å²) in [6, 6.07) is 17.4. The standard InChI is InChI=1S/C44H54N2O11/c1-29-21-22-34(54-40(47)31-16-10-9-11-17-31)39-35(55-44(6,7)56-39)19-14-18-32-26-33(27-36(52-28-50-8)38(32)41(48)53-30(29)2)51-25-15-24-46(37-20-12-13-23-45-37)42(49)57-43(3,4)5/h9-14,16-18,20-23,26-27,29-30,34-35,39H,15,19,24-25,28H2,1-8H3/b18-14+,22-21-/t29-,30?,34?,35+,39-/m1/s1. The molecule has 2 unspecified atom stereocenters. The molecule has 2 aromatic carbocycles. The Morgan fingerprint density at radius 1 is 0.982 bits per heavy atom. The van der Waals surface area contributed by atoms with Gasteiger partial charge in [0.1, 0.15) is 46.8 Å². The number of hydrogen-bond acceptors (Lipinski definition) is 12. The molecule has 1 aromatic heterocycles. The fourth-order valence-electron chi connectivity index (χ4n) is 6.23. The Balaban J connectivity index is 1.43. The van der Waals surface area contributed by atoms with Crippen molar-refractivity contribution in [2.75, 3.05) is 32.0 Å². The molecule has 57 heavy (non-hydrogen) atoms. The Morgan fingerprint density at radius 2 is 1.74 bits per heavy atom. The van der Waals surface area contributed by atoms with Gasteiger partial charge in [-0.1, -0.05) is 49.4 Å². The van der Waals surface area contributed by atoms with Gasteiger partial charge >= 0.3 is 18.0 Å². The minimum absolute atomic E-state index is 0.135. The average Bonchev–Trinajstić information content (AvgIpc) is 3.48. The number of nitrogens with zero attached hydrogens (tertiary/aromatic N) is 2. The number of hydrogen-bond donors (Lipinski definition) is 0. The Bertz CT molecular complexity index is 1870. The van der Waals surface area contributed by atoms with Crippen LogP contribution in [0.15, 0.2) is 85.1 Å². The summed E-state index contributed by atoms with van der Waals surface area (Å²) in [5.74, 6) is -1.28. The molecule has 0 saturated carbocycles. The first-order valence-electron chi connectivity index (χ1n) is 19.2. The van der Waals surface area contributed by atoms with E-state index in [-0.39, 0.29) is 37.2 Å². The highest BCUT2D eigenvalue weighted by molar-refractivity contribution is 5.97. The van der Waals surface area contributed by atoms with Crippen LogP contribution in [0.3, 0.4) is 0 Å². The molecule has 1 fully saturated rings. The molecule has 0 radical (unpaired) electrons. The molecule has 0 bridgehead atoms. The second-order valence-electron chi connectivity index (χ2n) is 15.3. The molecule has 0 N–H and O–H groups in total. The van der Waals surface area contributed by atoms with Gasteiger partial charge in [0.15, 0.2) is 12.6 Å². The highest BCUT2D eigenvalue weighted by atomic mass is 16.8. The summed E-state index contributed by atoms with van der Waals surface area (Å²) < 4.78 is 47.8. The molecule has 13 heteroatoms. The Hall–Kier alpha value is -5.24. The lowest BCUT2D eigenvalue weighted by molar-refractivity contribution is -0.152. The van der Waals surface area contributed by atoms with Crippen molar-refractivity contribution >= 4 is 29.9 Å². The number of pyridine rings is 1. The van der Waals surface area contributed by atoms with Crippen molar-refractivity contribution in [3.05, 3.63) is 102 Å². The number of ether oxygens (including phenoxy) is 8. The first-order valence-corrected chi connectivity index (χ1v) is 19.2. The van der Waals surface area contributed by atoms with Crippen molar-refractivity contribution in [3.63, 3.8) is 0 Å². The van der Waals surface area contributed by atoms with E-state index >= 15 is 0 Å². The molecule has 5 atom stereocenters. The van der Waals surface area contributed by atoms with Crippen LogP contribution in [0.5, 0.6) is 11.5 Å². The number of methoxy groups -OCH3 is 1. The van der Waals surface area contributed by atoms with Crippen LogP contribution in [-0.4, -0.2) is 85.9 Å². The smallest absolute Gasteiger partial charge is 0.416 e. The number of carbonyl (C=O) groups is 3.